The Hall–Kier alpha value is -4.37. The Morgan fingerprint density at radius 3 is 1.91 bits per heavy atom. The highest BCUT2D eigenvalue weighted by Gasteiger charge is 2.42. The van der Waals surface area contributed by atoms with Gasteiger partial charge in [0.15, 0.2) is 0 Å². The number of hydrogen-bond acceptors (Lipinski definition) is 7. The number of aliphatic carboxylic acids is 1. The molecule has 0 saturated carbocycles. The van der Waals surface area contributed by atoms with Crippen molar-refractivity contribution >= 4 is 17.8 Å². The lowest BCUT2D eigenvalue weighted by Gasteiger charge is -2.38. The van der Waals surface area contributed by atoms with Crippen LogP contribution in [0.15, 0.2) is 78.9 Å². The molecule has 1 saturated heterocycles. The van der Waals surface area contributed by atoms with Crippen molar-refractivity contribution in [2.24, 2.45) is 0 Å². The monoisotopic (exact) mass is 617 g/mol. The molecule has 9 heteroatoms. The summed E-state index contributed by atoms with van der Waals surface area (Å²) in [5, 5.41) is 8.98. The van der Waals surface area contributed by atoms with Crippen molar-refractivity contribution in [1.29, 1.82) is 0 Å². The number of ether oxygens (including phenoxy) is 4. The molecule has 0 bridgehead atoms. The van der Waals surface area contributed by atoms with Gasteiger partial charge in [0.1, 0.15) is 23.2 Å². The van der Waals surface area contributed by atoms with Crippen LogP contribution in [0, 0.1) is 0 Å². The van der Waals surface area contributed by atoms with E-state index < -0.39 is 23.6 Å². The van der Waals surface area contributed by atoms with E-state index in [0.717, 1.165) is 36.0 Å². The Labute approximate surface area is 265 Å². The molecule has 4 rings (SSSR count). The minimum atomic E-state index is -1.06. The SMILES string of the molecule is CCCCCC(=O)N1C[C@H](OC(=O)CCC(=O)O)CC1COC(c1ccccc1)(c1ccc(OC)cc1)c1ccc(OC)cc1. The van der Waals surface area contributed by atoms with Gasteiger partial charge in [-0.05, 0) is 47.4 Å². The number of hydrogen-bond donors (Lipinski definition) is 1. The molecule has 3 aromatic carbocycles. The van der Waals surface area contributed by atoms with Crippen LogP contribution in [0.1, 0.15) is 68.6 Å². The molecule has 1 aliphatic rings. The van der Waals surface area contributed by atoms with E-state index in [2.05, 4.69) is 6.92 Å². The first-order valence-corrected chi connectivity index (χ1v) is 15.5. The van der Waals surface area contributed by atoms with Crippen LogP contribution in [0.3, 0.4) is 0 Å². The van der Waals surface area contributed by atoms with E-state index in [1.54, 1.807) is 19.1 Å². The number of carboxylic acids is 1. The summed E-state index contributed by atoms with van der Waals surface area (Å²) in [6, 6.07) is 25.0. The highest BCUT2D eigenvalue weighted by molar-refractivity contribution is 5.78. The Kier molecular flexibility index (Phi) is 12.0. The molecule has 9 nitrogen and oxygen atoms in total. The molecule has 3 aromatic rings. The van der Waals surface area contributed by atoms with Crippen LogP contribution in [-0.2, 0) is 29.5 Å². The number of carbonyl (C=O) groups excluding carboxylic acids is 2. The summed E-state index contributed by atoms with van der Waals surface area (Å²) in [6.45, 7) is 2.49. The number of nitrogens with zero attached hydrogens (tertiary/aromatic N) is 1. The van der Waals surface area contributed by atoms with Crippen LogP contribution in [0.2, 0.25) is 0 Å². The van der Waals surface area contributed by atoms with Crippen LogP contribution in [0.5, 0.6) is 11.5 Å². The molecule has 1 N–H and O–H groups in total. The largest absolute Gasteiger partial charge is 0.497 e. The fourth-order valence-corrected chi connectivity index (χ4v) is 5.84. The number of benzene rings is 3. The second-order valence-corrected chi connectivity index (χ2v) is 11.2. The molecule has 1 amide bonds. The molecule has 0 aromatic heterocycles. The van der Waals surface area contributed by atoms with Crippen molar-refractivity contribution in [3.8, 4) is 11.5 Å². The van der Waals surface area contributed by atoms with Crippen molar-refractivity contribution in [3.63, 3.8) is 0 Å². The summed E-state index contributed by atoms with van der Waals surface area (Å²) < 4.78 is 23.6. The zero-order valence-corrected chi connectivity index (χ0v) is 26.3. The average molecular weight is 618 g/mol. The molecular formula is C36H43NO8. The molecule has 0 radical (unpaired) electrons. The minimum absolute atomic E-state index is 0.0136. The standard InChI is InChI=1S/C36H43NO8/c1-4-5-7-12-33(38)37-24-32(45-35(41)22-21-34(39)40)23-29(37)25-44-36(26-10-8-6-9-11-26,27-13-17-30(42-2)18-14-27)28-15-19-31(43-3)20-16-28/h6,8-11,13-20,29,32H,4-5,7,12,21-25H2,1-3H3,(H,39,40)/t29?,32-/m1/s1. The van der Waals surface area contributed by atoms with Gasteiger partial charge in [-0.25, -0.2) is 0 Å². The molecule has 1 heterocycles. The normalized spacial score (nSPS) is 16.3. The van der Waals surface area contributed by atoms with Gasteiger partial charge >= 0.3 is 11.9 Å². The Morgan fingerprint density at radius 1 is 0.800 bits per heavy atom. The molecular weight excluding hydrogens is 574 g/mol. The minimum Gasteiger partial charge on any atom is -0.497 e. The number of esters is 1. The van der Waals surface area contributed by atoms with Crippen LogP contribution < -0.4 is 9.47 Å². The number of amides is 1. The molecule has 2 atom stereocenters. The summed E-state index contributed by atoms with van der Waals surface area (Å²) in [7, 11) is 3.24. The molecule has 1 aliphatic heterocycles. The highest BCUT2D eigenvalue weighted by Crippen LogP contribution is 2.42. The quantitative estimate of drug-likeness (QED) is 0.119. The number of likely N-dealkylation sites (tertiary alicyclic amines) is 1. The molecule has 45 heavy (non-hydrogen) atoms. The third kappa shape index (κ3) is 8.42. The van der Waals surface area contributed by atoms with Gasteiger partial charge in [0.05, 0.1) is 46.3 Å². The first kappa shape index (κ1) is 33.5. The first-order valence-electron chi connectivity index (χ1n) is 15.5. The summed E-state index contributed by atoms with van der Waals surface area (Å²) in [5.74, 6) is -0.241. The Bertz CT molecular complexity index is 1340. The average Bonchev–Trinajstić information content (AvgIpc) is 3.47. The summed E-state index contributed by atoms with van der Waals surface area (Å²) in [6.07, 6.45) is 2.41. The third-order valence-electron chi connectivity index (χ3n) is 8.20. The van der Waals surface area contributed by atoms with Gasteiger partial charge in [-0.15, -0.1) is 0 Å². The third-order valence-corrected chi connectivity index (χ3v) is 8.20. The lowest BCUT2D eigenvalue weighted by atomic mass is 9.80. The zero-order valence-electron chi connectivity index (χ0n) is 26.3. The summed E-state index contributed by atoms with van der Waals surface area (Å²) in [5.41, 5.74) is 1.58. The lowest BCUT2D eigenvalue weighted by molar-refractivity contribution is -0.152. The Balaban J connectivity index is 1.70. The van der Waals surface area contributed by atoms with Gasteiger partial charge in [0, 0.05) is 12.8 Å². The van der Waals surface area contributed by atoms with Gasteiger partial charge in [-0.3, -0.25) is 14.4 Å². The summed E-state index contributed by atoms with van der Waals surface area (Å²) in [4.78, 5) is 38.6. The van der Waals surface area contributed by atoms with Crippen LogP contribution in [-0.4, -0.2) is 67.4 Å². The number of unbranched alkanes of at least 4 members (excludes halogenated alkanes) is 2. The maximum Gasteiger partial charge on any atom is 0.306 e. The van der Waals surface area contributed by atoms with Crippen molar-refractivity contribution in [3.05, 3.63) is 95.6 Å². The fourth-order valence-electron chi connectivity index (χ4n) is 5.84. The number of rotatable bonds is 16. The van der Waals surface area contributed by atoms with E-state index >= 15 is 0 Å². The predicted octanol–water partition coefficient (Wildman–Crippen LogP) is 5.97. The maximum atomic E-state index is 13.5. The van der Waals surface area contributed by atoms with E-state index in [1.165, 1.54) is 0 Å². The number of carbonyl (C=O) groups is 3. The maximum absolute atomic E-state index is 13.5. The Morgan fingerprint density at radius 2 is 1.38 bits per heavy atom. The fraction of sp³-hybridized carbons (Fsp3) is 0.417. The van der Waals surface area contributed by atoms with E-state index in [9.17, 15) is 14.4 Å². The van der Waals surface area contributed by atoms with Gasteiger partial charge in [-0.1, -0.05) is 74.4 Å². The predicted molar refractivity (Wildman–Crippen MR) is 169 cm³/mol. The number of carboxylic acid groups (broad SMARTS) is 1. The highest BCUT2D eigenvalue weighted by atomic mass is 16.5. The van der Waals surface area contributed by atoms with Gasteiger partial charge in [-0.2, -0.15) is 0 Å². The van der Waals surface area contributed by atoms with Gasteiger partial charge in [0.2, 0.25) is 5.91 Å². The van der Waals surface area contributed by atoms with Crippen LogP contribution >= 0.6 is 0 Å². The molecule has 0 aliphatic carbocycles. The first-order chi connectivity index (χ1) is 21.8. The molecule has 240 valence electrons. The van der Waals surface area contributed by atoms with Crippen LogP contribution in [0.4, 0.5) is 0 Å². The second kappa shape index (κ2) is 16.1. The lowest BCUT2D eigenvalue weighted by Crippen LogP contribution is -2.42. The van der Waals surface area contributed by atoms with E-state index in [1.807, 2.05) is 78.9 Å². The molecule has 1 fully saturated rings. The number of methoxy groups -OCH3 is 2. The van der Waals surface area contributed by atoms with E-state index in [4.69, 9.17) is 24.1 Å². The summed E-state index contributed by atoms with van der Waals surface area (Å²) >= 11 is 0. The van der Waals surface area contributed by atoms with Crippen molar-refractivity contribution in [1.82, 2.24) is 4.90 Å². The smallest absolute Gasteiger partial charge is 0.306 e. The van der Waals surface area contributed by atoms with Crippen LogP contribution in [0.25, 0.3) is 0 Å². The second-order valence-electron chi connectivity index (χ2n) is 11.2. The van der Waals surface area contributed by atoms with Gasteiger partial charge < -0.3 is 29.0 Å². The molecule has 1 unspecified atom stereocenters. The van der Waals surface area contributed by atoms with E-state index in [-0.39, 0.29) is 37.9 Å². The van der Waals surface area contributed by atoms with Crippen molar-refractivity contribution < 1.29 is 38.4 Å². The molecule has 0 spiro atoms. The van der Waals surface area contributed by atoms with Gasteiger partial charge in [0.25, 0.3) is 0 Å². The van der Waals surface area contributed by atoms with Crippen molar-refractivity contribution in [2.75, 3.05) is 27.4 Å². The topological polar surface area (TPSA) is 112 Å². The van der Waals surface area contributed by atoms with E-state index in [0.29, 0.717) is 24.3 Å². The van der Waals surface area contributed by atoms with Crippen molar-refractivity contribution in [2.45, 2.75) is 69.6 Å². The zero-order chi connectivity index (χ0) is 32.2.